The fourth-order valence-electron chi connectivity index (χ4n) is 18.4. The monoisotopic (exact) mass is 953 g/mol. The first-order chi connectivity index (χ1) is 30.9. The molecule has 388 valence electrons. The molecule has 12 rings (SSSR count). The third-order valence-electron chi connectivity index (χ3n) is 21.8. The van der Waals surface area contributed by atoms with Gasteiger partial charge >= 0.3 is 23.9 Å². The maximum absolute atomic E-state index is 13.0. The van der Waals surface area contributed by atoms with Gasteiger partial charge in [0.1, 0.15) is 12.2 Å². The standard InChI is InChI=1S/C28H42O5.C26H38O5.4CH4/c1-4-28(2,3)27(30)33-23-12-18-11-22(23)25-20-9-17(24(18)25)10-21(20)26(29)32-14-31-13-19-8-15-5-6-16(19)7-15;1-3-13(2)25(27)31-22-11-17-10-20(22)24-18-8-16(23(17)24)9-19(18)26(28)30-12-29-21-7-14-4-5-15(21)6-14;;;;/h15-25H,4-14H2,1-3H3;13-24H,3-12H2,1-2H3;4*1H4. The molecule has 0 saturated heterocycles. The fourth-order valence-corrected chi connectivity index (χ4v) is 18.4. The second-order valence-electron chi connectivity index (χ2n) is 24.9. The van der Waals surface area contributed by atoms with Crippen molar-refractivity contribution in [3.8, 4) is 0 Å². The highest BCUT2D eigenvalue weighted by Gasteiger charge is 2.68. The van der Waals surface area contributed by atoms with Gasteiger partial charge in [0.25, 0.3) is 0 Å². The molecule has 0 N–H and O–H groups in total. The van der Waals surface area contributed by atoms with Crippen LogP contribution in [-0.2, 0) is 47.6 Å². The summed E-state index contributed by atoms with van der Waals surface area (Å²) in [6, 6.07) is 0. The molecule has 23 atom stereocenters. The van der Waals surface area contributed by atoms with Gasteiger partial charge in [-0.05, 0) is 224 Å². The highest BCUT2D eigenvalue weighted by atomic mass is 16.7. The molecular formula is C58H96O10. The number of carbonyl (C=O) groups excluding carboxylic acids is 4. The molecule has 12 aliphatic rings. The summed E-state index contributed by atoms with van der Waals surface area (Å²) >= 11 is 0. The average molecular weight is 953 g/mol. The minimum Gasteiger partial charge on any atom is -0.462 e. The predicted molar refractivity (Wildman–Crippen MR) is 263 cm³/mol. The first-order valence-electron chi connectivity index (χ1n) is 26.8. The highest BCUT2D eigenvalue weighted by molar-refractivity contribution is 5.76. The third-order valence-corrected chi connectivity index (χ3v) is 21.8. The Morgan fingerprint density at radius 1 is 0.529 bits per heavy atom. The summed E-state index contributed by atoms with van der Waals surface area (Å²) in [5.41, 5.74) is -0.416. The summed E-state index contributed by atoms with van der Waals surface area (Å²) in [7, 11) is 0. The van der Waals surface area contributed by atoms with Gasteiger partial charge in [-0.3, -0.25) is 19.2 Å². The molecule has 23 unspecified atom stereocenters. The largest absolute Gasteiger partial charge is 0.462 e. The second-order valence-corrected chi connectivity index (χ2v) is 24.9. The Morgan fingerprint density at radius 3 is 1.54 bits per heavy atom. The van der Waals surface area contributed by atoms with Gasteiger partial charge in [0.15, 0.2) is 13.6 Å². The van der Waals surface area contributed by atoms with E-state index in [-0.39, 0.29) is 97.1 Å². The summed E-state index contributed by atoms with van der Waals surface area (Å²) in [5.74, 6) is 10.9. The van der Waals surface area contributed by atoms with Crippen LogP contribution in [0, 0.1) is 124 Å². The molecule has 0 heterocycles. The van der Waals surface area contributed by atoms with E-state index in [2.05, 4.69) is 0 Å². The average Bonchev–Trinajstić information content (AvgIpc) is 4.13. The van der Waals surface area contributed by atoms with Crippen molar-refractivity contribution in [2.75, 3.05) is 20.2 Å². The number of rotatable bonds is 15. The quantitative estimate of drug-likeness (QED) is 0.0515. The van der Waals surface area contributed by atoms with Gasteiger partial charge in [-0.25, -0.2) is 0 Å². The molecular weight excluding hydrogens is 857 g/mol. The molecule has 0 radical (unpaired) electrons. The molecule has 10 heteroatoms. The van der Waals surface area contributed by atoms with Gasteiger partial charge < -0.3 is 28.4 Å². The predicted octanol–water partition coefficient (Wildman–Crippen LogP) is 12.3. The van der Waals surface area contributed by atoms with Crippen molar-refractivity contribution >= 4 is 23.9 Å². The number of esters is 4. The van der Waals surface area contributed by atoms with Crippen LogP contribution < -0.4 is 0 Å². The molecule has 68 heavy (non-hydrogen) atoms. The maximum atomic E-state index is 13.0. The SMILES string of the molecule is C.C.C.C.CCC(C)(C)C(=O)OC1CC2CC1C1C3CC(CC3C(=O)OCOCC3CC4CCC3C4)C21.CCC(C)C(=O)OC1CC2CC1C1C3CC(CC3C(=O)OCOC3CC4CCC3C4)C21. The van der Waals surface area contributed by atoms with Crippen LogP contribution in [0.5, 0.6) is 0 Å². The van der Waals surface area contributed by atoms with Gasteiger partial charge in [0.2, 0.25) is 0 Å². The Bertz CT molecular complexity index is 1780. The molecule has 0 aromatic heterocycles. The molecule has 0 aliphatic heterocycles. The van der Waals surface area contributed by atoms with Crippen LogP contribution in [0.4, 0.5) is 0 Å². The number of ether oxygens (including phenoxy) is 6. The smallest absolute Gasteiger partial charge is 0.311 e. The van der Waals surface area contributed by atoms with Crippen molar-refractivity contribution in [1.29, 1.82) is 0 Å². The molecule has 0 spiro atoms. The van der Waals surface area contributed by atoms with E-state index >= 15 is 0 Å². The Labute approximate surface area is 412 Å². The van der Waals surface area contributed by atoms with Crippen LogP contribution in [0.2, 0.25) is 0 Å². The van der Waals surface area contributed by atoms with Crippen LogP contribution in [0.3, 0.4) is 0 Å². The van der Waals surface area contributed by atoms with Crippen LogP contribution in [-0.4, -0.2) is 62.4 Å². The van der Waals surface area contributed by atoms with Gasteiger partial charge in [0.05, 0.1) is 35.9 Å². The fraction of sp³-hybridized carbons (Fsp3) is 0.931. The number of hydrogen-bond donors (Lipinski definition) is 0. The van der Waals surface area contributed by atoms with Crippen molar-refractivity contribution in [3.05, 3.63) is 0 Å². The number of fused-ring (bicyclic) bond motifs is 22. The van der Waals surface area contributed by atoms with E-state index in [1.165, 1.54) is 64.2 Å². The minimum atomic E-state index is -0.416. The number of hydrogen-bond acceptors (Lipinski definition) is 10. The van der Waals surface area contributed by atoms with Crippen molar-refractivity contribution in [3.63, 3.8) is 0 Å². The van der Waals surface area contributed by atoms with Crippen LogP contribution in [0.25, 0.3) is 0 Å². The lowest BCUT2D eigenvalue weighted by Gasteiger charge is -2.41. The van der Waals surface area contributed by atoms with Gasteiger partial charge in [-0.1, -0.05) is 56.9 Å². The Balaban J connectivity index is 0.000000190. The molecule has 12 bridgehead atoms. The van der Waals surface area contributed by atoms with Crippen molar-refractivity contribution in [1.82, 2.24) is 0 Å². The van der Waals surface area contributed by atoms with Crippen LogP contribution in [0.1, 0.15) is 180 Å². The van der Waals surface area contributed by atoms with Gasteiger partial charge in [0, 0.05) is 0 Å². The molecule has 12 saturated carbocycles. The molecule has 10 nitrogen and oxygen atoms in total. The van der Waals surface area contributed by atoms with Crippen LogP contribution in [0.15, 0.2) is 0 Å². The van der Waals surface area contributed by atoms with E-state index in [1.54, 1.807) is 0 Å². The zero-order chi connectivity index (χ0) is 44.2. The summed E-state index contributed by atoms with van der Waals surface area (Å²) < 4.78 is 35.2. The molecule has 12 aliphatic carbocycles. The summed E-state index contributed by atoms with van der Waals surface area (Å²) in [6.07, 6.45) is 21.4. The molecule has 0 aromatic rings. The summed E-state index contributed by atoms with van der Waals surface area (Å²) in [4.78, 5) is 51.1. The van der Waals surface area contributed by atoms with Gasteiger partial charge in [-0.2, -0.15) is 0 Å². The van der Waals surface area contributed by atoms with E-state index in [9.17, 15) is 19.2 Å². The topological polar surface area (TPSA) is 124 Å². The maximum Gasteiger partial charge on any atom is 0.311 e. The van der Waals surface area contributed by atoms with Gasteiger partial charge in [-0.15, -0.1) is 0 Å². The lowest BCUT2D eigenvalue weighted by atomic mass is 9.66. The van der Waals surface area contributed by atoms with Crippen LogP contribution >= 0.6 is 0 Å². The Kier molecular flexibility index (Phi) is 16.6. The first kappa shape index (κ1) is 53.6. The van der Waals surface area contributed by atoms with E-state index < -0.39 is 5.41 Å². The normalized spacial score (nSPS) is 45.2. The van der Waals surface area contributed by atoms with Crippen molar-refractivity contribution in [2.45, 2.75) is 198 Å². The first-order valence-corrected chi connectivity index (χ1v) is 26.8. The van der Waals surface area contributed by atoms with E-state index in [4.69, 9.17) is 28.4 Å². The lowest BCUT2D eigenvalue weighted by molar-refractivity contribution is -0.173. The molecule has 12 fully saturated rings. The van der Waals surface area contributed by atoms with E-state index in [1.807, 2.05) is 34.6 Å². The minimum absolute atomic E-state index is 0. The second kappa shape index (κ2) is 21.1. The van der Waals surface area contributed by atoms with Crippen molar-refractivity contribution < 1.29 is 47.6 Å². The third kappa shape index (κ3) is 9.38. The van der Waals surface area contributed by atoms with Crippen molar-refractivity contribution in [2.24, 2.45) is 124 Å². The molecule has 0 amide bonds. The Morgan fingerprint density at radius 2 is 1.04 bits per heavy atom. The van der Waals surface area contributed by atoms with E-state index in [0.717, 1.165) is 87.6 Å². The number of carbonyl (C=O) groups is 4. The molecule has 0 aromatic carbocycles. The lowest BCUT2D eigenvalue weighted by Crippen LogP contribution is -2.43. The highest BCUT2D eigenvalue weighted by Crippen LogP contribution is 2.71. The van der Waals surface area contributed by atoms with E-state index in [0.29, 0.717) is 77.1 Å². The summed E-state index contributed by atoms with van der Waals surface area (Å²) in [6.45, 7) is 11.0. The Hall–Kier alpha value is -2.20. The summed E-state index contributed by atoms with van der Waals surface area (Å²) in [5, 5.41) is 0. The zero-order valence-corrected chi connectivity index (χ0v) is 39.7. The zero-order valence-electron chi connectivity index (χ0n) is 39.7.